The van der Waals surface area contributed by atoms with Crippen LogP contribution in [-0.2, 0) is 16.1 Å². The van der Waals surface area contributed by atoms with Crippen molar-refractivity contribution in [2.45, 2.75) is 39.7 Å². The summed E-state index contributed by atoms with van der Waals surface area (Å²) in [5.74, 6) is 6.27. The van der Waals surface area contributed by atoms with E-state index in [0.29, 0.717) is 6.61 Å². The highest BCUT2D eigenvalue weighted by Crippen LogP contribution is 2.29. The van der Waals surface area contributed by atoms with E-state index in [9.17, 15) is 4.79 Å². The third-order valence-corrected chi connectivity index (χ3v) is 5.94. The van der Waals surface area contributed by atoms with Crippen molar-refractivity contribution in [2.24, 2.45) is 0 Å². The van der Waals surface area contributed by atoms with E-state index in [0.717, 1.165) is 32.5 Å². The van der Waals surface area contributed by atoms with Gasteiger partial charge in [0.25, 0.3) is 0 Å². The normalized spacial score (nSPS) is 11.3. The summed E-state index contributed by atoms with van der Waals surface area (Å²) in [6, 6.07) is 16.1. The van der Waals surface area contributed by atoms with Crippen molar-refractivity contribution in [3.63, 3.8) is 0 Å². The number of hydrogen-bond acceptors (Lipinski definition) is 5. The van der Waals surface area contributed by atoms with Gasteiger partial charge in [0.2, 0.25) is 0 Å². The average molecular weight is 420 g/mol. The van der Waals surface area contributed by atoms with Gasteiger partial charge in [0.15, 0.2) is 0 Å². The number of carbonyl (C=O) groups excluding carboxylic acids is 1. The van der Waals surface area contributed by atoms with Crippen LogP contribution in [0.5, 0.6) is 5.75 Å². The van der Waals surface area contributed by atoms with Crippen LogP contribution in [0.3, 0.4) is 0 Å². The Labute approximate surface area is 181 Å². The lowest BCUT2D eigenvalue weighted by Gasteiger charge is -2.11. The molecule has 0 spiro atoms. The zero-order valence-electron chi connectivity index (χ0n) is 17.7. The summed E-state index contributed by atoms with van der Waals surface area (Å²) in [6.45, 7) is 6.32. The molecule has 0 radical (unpaired) electrons. The van der Waals surface area contributed by atoms with Crippen molar-refractivity contribution in [1.29, 1.82) is 0 Å². The van der Waals surface area contributed by atoms with Crippen molar-refractivity contribution >= 4 is 17.3 Å². The molecule has 2 aromatic carbocycles. The number of carbonyl (C=O) groups is 1. The van der Waals surface area contributed by atoms with Gasteiger partial charge in [0.1, 0.15) is 17.4 Å². The minimum absolute atomic E-state index is 0.183. The molecule has 0 amide bonds. The molecule has 0 saturated carbocycles. The van der Waals surface area contributed by atoms with E-state index in [-0.39, 0.29) is 18.3 Å². The monoisotopic (exact) mass is 419 g/mol. The van der Waals surface area contributed by atoms with Crippen molar-refractivity contribution in [1.82, 2.24) is 4.98 Å². The highest BCUT2D eigenvalue weighted by atomic mass is 32.1. The van der Waals surface area contributed by atoms with Gasteiger partial charge in [-0.1, -0.05) is 47.9 Å². The molecule has 0 unspecified atom stereocenters. The first-order valence-corrected chi connectivity index (χ1v) is 10.6. The maximum Gasteiger partial charge on any atom is 0.307 e. The van der Waals surface area contributed by atoms with Crippen LogP contribution < -0.4 is 4.74 Å². The number of aromatic nitrogens is 1. The summed E-state index contributed by atoms with van der Waals surface area (Å²) in [5.41, 5.74) is 4.32. The Morgan fingerprint density at radius 1 is 1.10 bits per heavy atom. The number of thiazole rings is 1. The van der Waals surface area contributed by atoms with Crippen LogP contribution in [-0.4, -0.2) is 18.1 Å². The summed E-state index contributed by atoms with van der Waals surface area (Å²) in [7, 11) is 1.39. The Balaban J connectivity index is 1.67. The fourth-order valence-electron chi connectivity index (χ4n) is 3.00. The van der Waals surface area contributed by atoms with Gasteiger partial charge in [0, 0.05) is 5.56 Å². The van der Waals surface area contributed by atoms with Crippen LogP contribution >= 0.6 is 11.3 Å². The standard InChI is InChI=1S/C25H25NO3S/c1-5-6-21(15-24(27)28-4)19-11-13-22(14-12-19)29-16-23-18(3)26-25(30-23)20-9-7-17(2)8-10-20/h7-14,21H,15-16H2,1-4H3/t21-/m0/s1. The van der Waals surface area contributed by atoms with E-state index in [1.165, 1.54) is 12.7 Å². The molecule has 30 heavy (non-hydrogen) atoms. The number of aryl methyl sites for hydroxylation is 2. The molecule has 154 valence electrons. The Hall–Kier alpha value is -3.10. The summed E-state index contributed by atoms with van der Waals surface area (Å²) in [6.07, 6.45) is 0.236. The van der Waals surface area contributed by atoms with E-state index >= 15 is 0 Å². The van der Waals surface area contributed by atoms with Crippen LogP contribution in [0.2, 0.25) is 0 Å². The van der Waals surface area contributed by atoms with Crippen molar-refractivity contribution < 1.29 is 14.3 Å². The molecule has 1 aromatic heterocycles. The highest BCUT2D eigenvalue weighted by Gasteiger charge is 2.15. The smallest absolute Gasteiger partial charge is 0.307 e. The fourth-order valence-corrected chi connectivity index (χ4v) is 3.98. The molecule has 1 heterocycles. The molecule has 0 aliphatic heterocycles. The molecule has 0 N–H and O–H groups in total. The molecule has 0 bridgehead atoms. The van der Waals surface area contributed by atoms with Crippen molar-refractivity contribution in [3.8, 4) is 28.2 Å². The molecule has 0 aliphatic rings. The summed E-state index contributed by atoms with van der Waals surface area (Å²) < 4.78 is 10.8. The zero-order chi connectivity index (χ0) is 21.5. The van der Waals surface area contributed by atoms with E-state index < -0.39 is 0 Å². The third kappa shape index (κ3) is 5.49. The number of rotatable bonds is 7. The molecule has 3 rings (SSSR count). The first-order chi connectivity index (χ1) is 14.5. The second kappa shape index (κ2) is 10.1. The SMILES string of the molecule is CC#C[C@@H](CC(=O)OC)c1ccc(OCc2sc(-c3ccc(C)cc3)nc2C)cc1. The van der Waals surface area contributed by atoms with Crippen LogP contribution in [0.1, 0.15) is 41.0 Å². The van der Waals surface area contributed by atoms with Crippen LogP contribution in [0.25, 0.3) is 10.6 Å². The maximum absolute atomic E-state index is 11.6. The van der Waals surface area contributed by atoms with Crippen molar-refractivity contribution in [2.75, 3.05) is 7.11 Å². The predicted molar refractivity (Wildman–Crippen MR) is 121 cm³/mol. The number of nitrogens with zero attached hydrogens (tertiary/aromatic N) is 1. The predicted octanol–water partition coefficient (Wildman–Crippen LogP) is 5.68. The van der Waals surface area contributed by atoms with Gasteiger partial charge in [-0.15, -0.1) is 17.3 Å². The van der Waals surface area contributed by atoms with Crippen LogP contribution in [0.4, 0.5) is 0 Å². The molecular weight excluding hydrogens is 394 g/mol. The minimum atomic E-state index is -0.270. The molecule has 3 aromatic rings. The van der Waals surface area contributed by atoms with Crippen LogP contribution in [0, 0.1) is 25.7 Å². The lowest BCUT2D eigenvalue weighted by Crippen LogP contribution is -2.07. The van der Waals surface area contributed by atoms with E-state index in [1.807, 2.05) is 31.2 Å². The molecule has 4 nitrogen and oxygen atoms in total. The second-order valence-electron chi connectivity index (χ2n) is 6.98. The Kier molecular flexibility index (Phi) is 7.26. The number of methoxy groups -OCH3 is 1. The zero-order valence-corrected chi connectivity index (χ0v) is 18.5. The molecule has 0 aliphatic carbocycles. The number of benzene rings is 2. The summed E-state index contributed by atoms with van der Waals surface area (Å²) in [5, 5.41) is 1.00. The number of esters is 1. The van der Waals surface area contributed by atoms with Gasteiger partial charge in [-0.3, -0.25) is 4.79 Å². The van der Waals surface area contributed by atoms with E-state index in [2.05, 4.69) is 43.0 Å². The van der Waals surface area contributed by atoms with Gasteiger partial charge in [-0.05, 0) is 38.5 Å². The Morgan fingerprint density at radius 3 is 2.43 bits per heavy atom. The maximum atomic E-state index is 11.6. The van der Waals surface area contributed by atoms with Crippen LogP contribution in [0.15, 0.2) is 48.5 Å². The largest absolute Gasteiger partial charge is 0.488 e. The van der Waals surface area contributed by atoms with E-state index in [4.69, 9.17) is 14.5 Å². The molecule has 0 saturated heterocycles. The Morgan fingerprint density at radius 2 is 1.80 bits per heavy atom. The van der Waals surface area contributed by atoms with Gasteiger partial charge >= 0.3 is 5.97 Å². The number of ether oxygens (including phenoxy) is 2. The quantitative estimate of drug-likeness (QED) is 0.365. The molecule has 5 heteroatoms. The lowest BCUT2D eigenvalue weighted by molar-refractivity contribution is -0.140. The summed E-state index contributed by atoms with van der Waals surface area (Å²) in [4.78, 5) is 17.4. The first-order valence-electron chi connectivity index (χ1n) is 9.75. The summed E-state index contributed by atoms with van der Waals surface area (Å²) >= 11 is 1.66. The topological polar surface area (TPSA) is 48.4 Å². The molecular formula is C25H25NO3S. The van der Waals surface area contributed by atoms with Gasteiger partial charge in [-0.25, -0.2) is 4.98 Å². The lowest BCUT2D eigenvalue weighted by atomic mass is 9.96. The third-order valence-electron chi connectivity index (χ3n) is 4.76. The second-order valence-corrected chi connectivity index (χ2v) is 8.06. The average Bonchev–Trinajstić information content (AvgIpc) is 3.13. The van der Waals surface area contributed by atoms with Crippen molar-refractivity contribution in [3.05, 3.63) is 70.2 Å². The highest BCUT2D eigenvalue weighted by molar-refractivity contribution is 7.15. The van der Waals surface area contributed by atoms with Gasteiger partial charge < -0.3 is 9.47 Å². The van der Waals surface area contributed by atoms with E-state index in [1.54, 1.807) is 18.3 Å². The number of hydrogen-bond donors (Lipinski definition) is 0. The van der Waals surface area contributed by atoms with Gasteiger partial charge in [-0.2, -0.15) is 0 Å². The first kappa shape index (κ1) is 21.6. The molecule has 0 fully saturated rings. The Bertz CT molecular complexity index is 1060. The molecule has 1 atom stereocenters. The fraction of sp³-hybridized carbons (Fsp3) is 0.280. The minimum Gasteiger partial charge on any atom is -0.488 e. The van der Waals surface area contributed by atoms with Gasteiger partial charge in [0.05, 0.1) is 30.0 Å².